The third-order valence-electron chi connectivity index (χ3n) is 4.40. The van der Waals surface area contributed by atoms with Crippen molar-refractivity contribution >= 4 is 28.8 Å². The van der Waals surface area contributed by atoms with Gasteiger partial charge < -0.3 is 15.5 Å². The van der Waals surface area contributed by atoms with E-state index in [0.29, 0.717) is 13.1 Å². The third kappa shape index (κ3) is 7.15. The van der Waals surface area contributed by atoms with Gasteiger partial charge in [0.2, 0.25) is 0 Å². The van der Waals surface area contributed by atoms with Crippen LogP contribution in [-0.2, 0) is 21.5 Å². The Morgan fingerprint density at radius 3 is 2.26 bits per heavy atom. The number of quaternary nitrogens is 1. The fourth-order valence-electron chi connectivity index (χ4n) is 2.69. The van der Waals surface area contributed by atoms with E-state index in [1.165, 1.54) is 5.56 Å². The van der Waals surface area contributed by atoms with Gasteiger partial charge in [0.05, 0.1) is 13.1 Å². The van der Waals surface area contributed by atoms with Crippen molar-refractivity contribution in [3.8, 4) is 0 Å². The molecule has 2 aromatic rings. The Bertz CT molecular complexity index is 734. The van der Waals surface area contributed by atoms with Crippen LogP contribution >= 0.6 is 11.3 Å². The Morgan fingerprint density at radius 2 is 1.70 bits per heavy atom. The summed E-state index contributed by atoms with van der Waals surface area (Å²) < 4.78 is 0. The topological polar surface area (TPSA) is 62.6 Å². The molecule has 1 unspecified atom stereocenters. The van der Waals surface area contributed by atoms with Gasteiger partial charge in [-0.05, 0) is 41.5 Å². The Balaban J connectivity index is 1.80. The van der Waals surface area contributed by atoms with Crippen LogP contribution < -0.4 is 15.5 Å². The number of carbonyl (C=O) groups excluding carboxylic acids is 2. The van der Waals surface area contributed by atoms with Crippen molar-refractivity contribution in [2.75, 3.05) is 25.0 Å². The van der Waals surface area contributed by atoms with Crippen molar-refractivity contribution in [2.24, 2.45) is 0 Å². The summed E-state index contributed by atoms with van der Waals surface area (Å²) in [6.45, 7) is 10.3. The molecule has 3 N–H and O–H groups in total. The van der Waals surface area contributed by atoms with Crippen LogP contribution in [0.2, 0.25) is 0 Å². The standard InChI is InChI=1S/C21H29N3O2S/c1-5-24(14-19(25)22-13-18-7-6-12-27-18)15-20(26)23-17-10-8-16(9-11-17)21(2,3)4/h6-12H,5,13-15H2,1-4H3,(H,22,25)(H,23,26)/p+1. The molecule has 1 atom stereocenters. The average Bonchev–Trinajstić information content (AvgIpc) is 3.12. The fraction of sp³-hybridized carbons (Fsp3) is 0.429. The summed E-state index contributed by atoms with van der Waals surface area (Å²) >= 11 is 1.62. The van der Waals surface area contributed by atoms with Crippen LogP contribution in [0.15, 0.2) is 41.8 Å². The Kier molecular flexibility index (Phi) is 7.56. The van der Waals surface area contributed by atoms with Crippen molar-refractivity contribution in [3.63, 3.8) is 0 Å². The highest BCUT2D eigenvalue weighted by Crippen LogP contribution is 2.23. The van der Waals surface area contributed by atoms with Gasteiger partial charge in [-0.3, -0.25) is 9.59 Å². The van der Waals surface area contributed by atoms with Crippen LogP contribution in [-0.4, -0.2) is 31.4 Å². The van der Waals surface area contributed by atoms with Crippen LogP contribution in [0.25, 0.3) is 0 Å². The van der Waals surface area contributed by atoms with Gasteiger partial charge in [0, 0.05) is 10.6 Å². The maximum Gasteiger partial charge on any atom is 0.279 e. The van der Waals surface area contributed by atoms with Crippen molar-refractivity contribution in [3.05, 3.63) is 52.2 Å². The predicted octanol–water partition coefficient (Wildman–Crippen LogP) is 2.21. The summed E-state index contributed by atoms with van der Waals surface area (Å²) in [5.74, 6) is -0.121. The molecular weight excluding hydrogens is 358 g/mol. The molecule has 27 heavy (non-hydrogen) atoms. The van der Waals surface area contributed by atoms with Crippen molar-refractivity contribution in [2.45, 2.75) is 39.7 Å². The normalized spacial score (nSPS) is 12.4. The molecule has 0 saturated carbocycles. The second-order valence-electron chi connectivity index (χ2n) is 7.69. The minimum atomic E-state index is -0.0820. The highest BCUT2D eigenvalue weighted by molar-refractivity contribution is 7.09. The van der Waals surface area contributed by atoms with E-state index in [9.17, 15) is 9.59 Å². The zero-order valence-corrected chi connectivity index (χ0v) is 17.4. The maximum absolute atomic E-state index is 12.3. The number of hydrogen-bond donors (Lipinski definition) is 3. The summed E-state index contributed by atoms with van der Waals surface area (Å²) in [5, 5.41) is 7.82. The van der Waals surface area contributed by atoms with Crippen molar-refractivity contribution in [1.29, 1.82) is 0 Å². The van der Waals surface area contributed by atoms with E-state index in [0.717, 1.165) is 15.5 Å². The lowest BCUT2D eigenvalue weighted by molar-refractivity contribution is -0.881. The van der Waals surface area contributed by atoms with Gasteiger partial charge in [-0.25, -0.2) is 0 Å². The molecule has 0 fully saturated rings. The van der Waals surface area contributed by atoms with E-state index in [2.05, 4.69) is 31.4 Å². The summed E-state index contributed by atoms with van der Waals surface area (Å²) in [6, 6.07) is 11.9. The van der Waals surface area contributed by atoms with Crippen molar-refractivity contribution in [1.82, 2.24) is 5.32 Å². The molecular formula is C21H30N3O2S+. The summed E-state index contributed by atoms with van der Waals surface area (Å²) in [5.41, 5.74) is 2.09. The lowest BCUT2D eigenvalue weighted by Gasteiger charge is -2.19. The number of thiophene rings is 1. The number of nitrogens with one attached hydrogen (secondary N) is 3. The van der Waals surface area contributed by atoms with Crippen LogP contribution in [0.3, 0.4) is 0 Å². The number of anilines is 1. The number of rotatable bonds is 8. The number of likely N-dealkylation sites (N-methyl/N-ethyl adjacent to an activating group) is 1. The monoisotopic (exact) mass is 388 g/mol. The first kappa shape index (κ1) is 21.1. The summed E-state index contributed by atoms with van der Waals surface area (Å²) in [7, 11) is 0. The fourth-order valence-corrected chi connectivity index (χ4v) is 3.33. The van der Waals surface area contributed by atoms with Gasteiger partial charge in [-0.15, -0.1) is 11.3 Å². The molecule has 1 heterocycles. The van der Waals surface area contributed by atoms with Gasteiger partial charge in [0.1, 0.15) is 0 Å². The third-order valence-corrected chi connectivity index (χ3v) is 5.27. The van der Waals surface area contributed by atoms with Gasteiger partial charge in [0.25, 0.3) is 11.8 Å². The number of hydrogen-bond acceptors (Lipinski definition) is 3. The van der Waals surface area contributed by atoms with E-state index in [1.54, 1.807) is 11.3 Å². The molecule has 0 radical (unpaired) electrons. The molecule has 5 nitrogen and oxygen atoms in total. The maximum atomic E-state index is 12.3. The van der Waals surface area contributed by atoms with E-state index in [-0.39, 0.29) is 30.3 Å². The molecule has 0 saturated heterocycles. The molecule has 1 aromatic heterocycles. The minimum absolute atomic E-state index is 0.0393. The SMILES string of the molecule is CC[NH+](CC(=O)NCc1cccs1)CC(=O)Nc1ccc(C(C)(C)C)cc1. The second-order valence-corrected chi connectivity index (χ2v) is 8.72. The number of benzene rings is 1. The van der Waals surface area contributed by atoms with E-state index in [1.807, 2.05) is 48.7 Å². The molecule has 2 rings (SSSR count). The molecule has 6 heteroatoms. The molecule has 1 aromatic carbocycles. The number of carbonyl (C=O) groups is 2. The molecule has 0 bridgehead atoms. The van der Waals surface area contributed by atoms with E-state index < -0.39 is 0 Å². The minimum Gasteiger partial charge on any atom is -0.346 e. The Morgan fingerprint density at radius 1 is 1.04 bits per heavy atom. The quantitative estimate of drug-likeness (QED) is 0.649. The van der Waals surface area contributed by atoms with E-state index in [4.69, 9.17) is 0 Å². The molecule has 2 amide bonds. The van der Waals surface area contributed by atoms with Crippen LogP contribution in [0, 0.1) is 0 Å². The zero-order valence-electron chi connectivity index (χ0n) is 16.6. The Hall–Kier alpha value is -2.18. The first-order valence-corrected chi connectivity index (χ1v) is 10.2. The van der Waals surface area contributed by atoms with Gasteiger partial charge in [-0.2, -0.15) is 0 Å². The van der Waals surface area contributed by atoms with Crippen LogP contribution in [0.4, 0.5) is 5.69 Å². The lowest BCUT2D eigenvalue weighted by atomic mass is 9.87. The van der Waals surface area contributed by atoms with Crippen LogP contribution in [0.5, 0.6) is 0 Å². The zero-order chi connectivity index (χ0) is 19.9. The highest BCUT2D eigenvalue weighted by Gasteiger charge is 2.17. The Labute approximate surface area is 165 Å². The predicted molar refractivity (Wildman–Crippen MR) is 111 cm³/mol. The number of amides is 2. The van der Waals surface area contributed by atoms with Crippen molar-refractivity contribution < 1.29 is 14.5 Å². The molecule has 146 valence electrons. The molecule has 0 spiro atoms. The first-order valence-electron chi connectivity index (χ1n) is 9.31. The summed E-state index contributed by atoms with van der Waals surface area (Å²) in [6.07, 6.45) is 0. The second kappa shape index (κ2) is 9.67. The average molecular weight is 389 g/mol. The smallest absolute Gasteiger partial charge is 0.279 e. The van der Waals surface area contributed by atoms with Gasteiger partial charge in [0.15, 0.2) is 13.1 Å². The van der Waals surface area contributed by atoms with Gasteiger partial charge >= 0.3 is 0 Å². The largest absolute Gasteiger partial charge is 0.346 e. The summed E-state index contributed by atoms with van der Waals surface area (Å²) in [4.78, 5) is 26.5. The van der Waals surface area contributed by atoms with Crippen LogP contribution in [0.1, 0.15) is 38.1 Å². The van der Waals surface area contributed by atoms with Gasteiger partial charge in [-0.1, -0.05) is 39.0 Å². The lowest BCUT2D eigenvalue weighted by Crippen LogP contribution is -3.13. The first-order chi connectivity index (χ1) is 12.8. The molecule has 0 aliphatic rings. The molecule has 0 aliphatic heterocycles. The highest BCUT2D eigenvalue weighted by atomic mass is 32.1. The van der Waals surface area contributed by atoms with E-state index >= 15 is 0 Å². The molecule has 0 aliphatic carbocycles.